The maximum absolute atomic E-state index is 11.7. The van der Waals surface area contributed by atoms with Gasteiger partial charge in [0.15, 0.2) is 0 Å². The van der Waals surface area contributed by atoms with Crippen LogP contribution in [-0.2, 0) is 15.0 Å². The van der Waals surface area contributed by atoms with E-state index in [2.05, 4.69) is 9.97 Å². The summed E-state index contributed by atoms with van der Waals surface area (Å²) in [6.07, 6.45) is 3.95. The molecule has 0 amide bonds. The Morgan fingerprint density at radius 2 is 1.73 bits per heavy atom. The molecule has 1 heterocycles. The first-order valence-corrected chi connectivity index (χ1v) is 6.00. The summed E-state index contributed by atoms with van der Waals surface area (Å²) in [6.45, 7) is 6.81. The zero-order valence-corrected chi connectivity index (χ0v) is 11.3. The SMILES string of the molecule is C.C.C.C.CCC(C)(CC(C)(C(=O)O)c1ncc[nH]1)C(C)=O. The molecule has 0 saturated carbocycles. The second-order valence-corrected chi connectivity index (χ2v) is 5.22. The van der Waals surface area contributed by atoms with Gasteiger partial charge in [-0.3, -0.25) is 9.59 Å². The Morgan fingerprint density at radius 3 is 2.00 bits per heavy atom. The van der Waals surface area contributed by atoms with Gasteiger partial charge in [-0.1, -0.05) is 43.6 Å². The first-order valence-electron chi connectivity index (χ1n) is 6.00. The van der Waals surface area contributed by atoms with Crippen molar-refractivity contribution in [3.63, 3.8) is 0 Å². The second-order valence-electron chi connectivity index (χ2n) is 5.22. The van der Waals surface area contributed by atoms with Crippen molar-refractivity contribution < 1.29 is 14.7 Å². The highest BCUT2D eigenvalue weighted by Gasteiger charge is 2.45. The summed E-state index contributed by atoms with van der Waals surface area (Å²) in [5.41, 5.74) is -1.83. The number of hydrogen-bond donors (Lipinski definition) is 2. The fourth-order valence-corrected chi connectivity index (χ4v) is 2.11. The minimum atomic E-state index is -1.18. The van der Waals surface area contributed by atoms with Gasteiger partial charge >= 0.3 is 5.97 Å². The number of carbonyl (C=O) groups is 2. The molecule has 0 radical (unpaired) electrons. The molecule has 0 aliphatic carbocycles. The molecular weight excluding hydrogens is 280 g/mol. The maximum atomic E-state index is 11.7. The second kappa shape index (κ2) is 10.1. The molecule has 2 N–H and O–H groups in total. The van der Waals surface area contributed by atoms with E-state index >= 15 is 0 Å². The number of aliphatic carboxylic acids is 1. The monoisotopic (exact) mass is 316 g/mol. The van der Waals surface area contributed by atoms with Crippen molar-refractivity contribution in [2.45, 2.75) is 75.7 Å². The van der Waals surface area contributed by atoms with Crippen LogP contribution in [0, 0.1) is 5.41 Å². The highest BCUT2D eigenvalue weighted by molar-refractivity contribution is 5.85. The van der Waals surface area contributed by atoms with E-state index in [1.54, 1.807) is 20.0 Å². The lowest BCUT2D eigenvalue weighted by Gasteiger charge is -2.33. The predicted molar refractivity (Wildman–Crippen MR) is 94.2 cm³/mol. The molecule has 2 unspecified atom stereocenters. The Bertz CT molecular complexity index is 443. The maximum Gasteiger partial charge on any atom is 0.317 e. The summed E-state index contributed by atoms with van der Waals surface area (Å²) in [5, 5.41) is 9.47. The summed E-state index contributed by atoms with van der Waals surface area (Å²) in [7, 11) is 0. The van der Waals surface area contributed by atoms with Crippen LogP contribution < -0.4 is 0 Å². The number of rotatable bonds is 6. The van der Waals surface area contributed by atoms with Crippen LogP contribution in [0.1, 0.15) is 76.1 Å². The lowest BCUT2D eigenvalue weighted by atomic mass is 9.69. The fourth-order valence-electron chi connectivity index (χ4n) is 2.11. The van der Waals surface area contributed by atoms with Crippen molar-refractivity contribution in [3.8, 4) is 0 Å². The Morgan fingerprint density at radius 1 is 1.23 bits per heavy atom. The number of nitrogens with zero attached hydrogens (tertiary/aromatic N) is 1. The molecule has 5 nitrogen and oxygen atoms in total. The minimum Gasteiger partial charge on any atom is -0.480 e. The Kier molecular flexibility index (Phi) is 13.1. The van der Waals surface area contributed by atoms with Gasteiger partial charge in [-0.05, 0) is 26.7 Å². The lowest BCUT2D eigenvalue weighted by molar-refractivity contribution is -0.145. The third kappa shape index (κ3) is 5.28. The number of aromatic nitrogens is 2. The van der Waals surface area contributed by atoms with Gasteiger partial charge < -0.3 is 10.1 Å². The van der Waals surface area contributed by atoms with Gasteiger partial charge in [0.05, 0.1) is 0 Å². The molecule has 0 fully saturated rings. The molecule has 0 bridgehead atoms. The van der Waals surface area contributed by atoms with E-state index in [0.717, 1.165) is 0 Å². The lowest BCUT2D eigenvalue weighted by Crippen LogP contribution is -2.41. The normalized spacial score (nSPS) is 14.5. The molecular formula is C17H36N2O3. The van der Waals surface area contributed by atoms with Gasteiger partial charge in [0.2, 0.25) is 0 Å². The molecule has 1 aromatic rings. The molecule has 0 aliphatic heterocycles. The van der Waals surface area contributed by atoms with Crippen LogP contribution in [0.25, 0.3) is 0 Å². The Balaban J connectivity index is -0.000000405. The molecule has 0 spiro atoms. The summed E-state index contributed by atoms with van der Waals surface area (Å²) >= 11 is 0. The van der Waals surface area contributed by atoms with E-state index in [9.17, 15) is 14.7 Å². The molecule has 0 aromatic carbocycles. The van der Waals surface area contributed by atoms with Crippen LogP contribution in [0.5, 0.6) is 0 Å². The number of carbonyl (C=O) groups excluding carboxylic acids is 1. The van der Waals surface area contributed by atoms with Gasteiger partial charge in [0.1, 0.15) is 17.0 Å². The molecule has 0 aliphatic rings. The summed E-state index contributed by atoms with van der Waals surface area (Å²) in [4.78, 5) is 30.2. The molecule has 1 aromatic heterocycles. The first-order chi connectivity index (χ1) is 8.26. The molecule has 5 heteroatoms. The van der Waals surface area contributed by atoms with Gasteiger partial charge in [0, 0.05) is 17.8 Å². The van der Waals surface area contributed by atoms with Crippen LogP contribution >= 0.6 is 0 Å². The van der Waals surface area contributed by atoms with E-state index in [0.29, 0.717) is 12.2 Å². The number of hydrogen-bond acceptors (Lipinski definition) is 3. The summed E-state index contributed by atoms with van der Waals surface area (Å²) < 4.78 is 0. The van der Waals surface area contributed by atoms with Crippen molar-refractivity contribution in [2.75, 3.05) is 0 Å². The van der Waals surface area contributed by atoms with E-state index in [1.165, 1.54) is 13.1 Å². The zero-order valence-electron chi connectivity index (χ0n) is 11.3. The van der Waals surface area contributed by atoms with Crippen molar-refractivity contribution >= 4 is 11.8 Å². The fraction of sp³-hybridized carbons (Fsp3) is 0.706. The first kappa shape index (κ1) is 28.5. The van der Waals surface area contributed by atoms with Crippen LogP contribution in [0.15, 0.2) is 12.4 Å². The van der Waals surface area contributed by atoms with Crippen molar-refractivity contribution in [1.82, 2.24) is 9.97 Å². The Labute approximate surface area is 136 Å². The van der Waals surface area contributed by atoms with E-state index in [4.69, 9.17) is 0 Å². The number of carboxylic acids is 1. The highest BCUT2D eigenvalue weighted by Crippen LogP contribution is 2.38. The van der Waals surface area contributed by atoms with E-state index in [-0.39, 0.29) is 41.9 Å². The molecule has 132 valence electrons. The van der Waals surface area contributed by atoms with Crippen LogP contribution in [0.3, 0.4) is 0 Å². The standard InChI is InChI=1S/C13H20N2O3.4CH4/c1-5-12(3,9(2)16)8-13(4,11(17)18)10-14-6-7-15-10;;;;/h6-7H,5,8H2,1-4H3,(H,14,15)(H,17,18);4*1H4. The summed E-state index contributed by atoms with van der Waals surface area (Å²) in [5.74, 6) is -0.585. The van der Waals surface area contributed by atoms with Gasteiger partial charge in [-0.2, -0.15) is 0 Å². The third-order valence-electron chi connectivity index (χ3n) is 3.87. The largest absolute Gasteiger partial charge is 0.480 e. The van der Waals surface area contributed by atoms with E-state index < -0.39 is 16.8 Å². The van der Waals surface area contributed by atoms with Crippen LogP contribution in [0.2, 0.25) is 0 Å². The average molecular weight is 316 g/mol. The smallest absolute Gasteiger partial charge is 0.317 e. The number of nitrogens with one attached hydrogen (secondary N) is 1. The number of Topliss-reactive ketones (excluding diaryl/α,β-unsaturated/α-hetero) is 1. The Hall–Kier alpha value is -1.65. The van der Waals surface area contributed by atoms with Gasteiger partial charge in [0.25, 0.3) is 0 Å². The quantitative estimate of drug-likeness (QED) is 0.797. The number of carboxylic acid groups (broad SMARTS) is 1. The van der Waals surface area contributed by atoms with Gasteiger partial charge in [-0.15, -0.1) is 0 Å². The van der Waals surface area contributed by atoms with Gasteiger partial charge in [-0.25, -0.2) is 4.98 Å². The predicted octanol–water partition coefficient (Wildman–Crippen LogP) is 4.69. The number of aromatic amines is 1. The summed E-state index contributed by atoms with van der Waals surface area (Å²) in [6, 6.07) is 0. The number of imidazole rings is 1. The zero-order chi connectivity index (χ0) is 14.0. The average Bonchev–Trinajstić information content (AvgIpc) is 2.82. The number of ketones is 1. The van der Waals surface area contributed by atoms with Crippen molar-refractivity contribution in [2.24, 2.45) is 5.41 Å². The topological polar surface area (TPSA) is 83.0 Å². The molecule has 22 heavy (non-hydrogen) atoms. The van der Waals surface area contributed by atoms with E-state index in [1.807, 2.05) is 6.92 Å². The molecule has 0 saturated heterocycles. The third-order valence-corrected chi connectivity index (χ3v) is 3.87. The number of H-pyrrole nitrogens is 1. The molecule has 1 rings (SSSR count). The minimum absolute atomic E-state index is 0. The highest BCUT2D eigenvalue weighted by atomic mass is 16.4. The molecule has 2 atom stereocenters. The van der Waals surface area contributed by atoms with Crippen molar-refractivity contribution in [3.05, 3.63) is 18.2 Å². The van der Waals surface area contributed by atoms with Crippen LogP contribution in [0.4, 0.5) is 0 Å². The van der Waals surface area contributed by atoms with Crippen LogP contribution in [-0.4, -0.2) is 26.8 Å². The van der Waals surface area contributed by atoms with Crippen molar-refractivity contribution in [1.29, 1.82) is 0 Å².